The number of benzene rings is 2. The Balaban J connectivity index is 1.70. The summed E-state index contributed by atoms with van der Waals surface area (Å²) in [4.78, 5) is 14.4. The second kappa shape index (κ2) is 6.25. The van der Waals surface area contributed by atoms with Gasteiger partial charge in [0.1, 0.15) is 5.58 Å². The first-order chi connectivity index (χ1) is 11.7. The van der Waals surface area contributed by atoms with Crippen molar-refractivity contribution in [3.63, 3.8) is 0 Å². The van der Waals surface area contributed by atoms with Crippen LogP contribution in [0.1, 0.15) is 35.6 Å². The highest BCUT2D eigenvalue weighted by Crippen LogP contribution is 2.33. The molecule has 4 rings (SSSR count). The standard InChI is InChI=1S/C21H21NO2/c1-15-9-10-18-17(13-21(23)24-20(18)12-15)14-22-11-5-8-19(22)16-6-3-2-4-7-16/h2-4,6-7,9-10,12-13,19H,5,8,11,14H2,1H3/t19-/m0/s1. The van der Waals surface area contributed by atoms with E-state index < -0.39 is 0 Å². The summed E-state index contributed by atoms with van der Waals surface area (Å²) in [5.41, 5.74) is 3.94. The molecule has 3 heteroatoms. The van der Waals surface area contributed by atoms with E-state index in [1.54, 1.807) is 6.07 Å². The van der Waals surface area contributed by atoms with Crippen LogP contribution in [-0.4, -0.2) is 11.4 Å². The zero-order valence-corrected chi connectivity index (χ0v) is 13.9. The van der Waals surface area contributed by atoms with Crippen molar-refractivity contribution in [2.75, 3.05) is 6.54 Å². The maximum Gasteiger partial charge on any atom is 0.336 e. The van der Waals surface area contributed by atoms with Crippen LogP contribution in [0.3, 0.4) is 0 Å². The molecule has 0 saturated carbocycles. The molecule has 1 saturated heterocycles. The van der Waals surface area contributed by atoms with Crippen LogP contribution in [0.5, 0.6) is 0 Å². The van der Waals surface area contributed by atoms with Crippen LogP contribution in [0.2, 0.25) is 0 Å². The van der Waals surface area contributed by atoms with Crippen molar-refractivity contribution in [1.82, 2.24) is 4.90 Å². The molecule has 24 heavy (non-hydrogen) atoms. The minimum absolute atomic E-state index is 0.265. The first-order valence-electron chi connectivity index (χ1n) is 8.53. The fourth-order valence-electron chi connectivity index (χ4n) is 3.75. The van der Waals surface area contributed by atoms with Gasteiger partial charge in [0.2, 0.25) is 0 Å². The van der Waals surface area contributed by atoms with Crippen molar-refractivity contribution in [3.05, 3.63) is 81.7 Å². The molecule has 0 bridgehead atoms. The molecule has 3 nitrogen and oxygen atoms in total. The third-order valence-electron chi connectivity index (χ3n) is 4.91. The number of hydrogen-bond acceptors (Lipinski definition) is 3. The molecule has 1 fully saturated rings. The normalized spacial score (nSPS) is 18.3. The molecule has 122 valence electrons. The second-order valence-electron chi connectivity index (χ2n) is 6.63. The van der Waals surface area contributed by atoms with Crippen molar-refractivity contribution >= 4 is 11.0 Å². The van der Waals surface area contributed by atoms with Gasteiger partial charge in [-0.25, -0.2) is 4.79 Å². The maximum absolute atomic E-state index is 12.0. The fraction of sp³-hybridized carbons (Fsp3) is 0.286. The predicted molar refractivity (Wildman–Crippen MR) is 96.0 cm³/mol. The molecule has 2 heterocycles. The van der Waals surface area contributed by atoms with E-state index >= 15 is 0 Å². The van der Waals surface area contributed by atoms with E-state index in [1.807, 2.05) is 13.0 Å². The molecule has 0 amide bonds. The lowest BCUT2D eigenvalue weighted by molar-refractivity contribution is 0.249. The van der Waals surface area contributed by atoms with Crippen molar-refractivity contribution < 1.29 is 4.42 Å². The van der Waals surface area contributed by atoms with E-state index in [0.717, 1.165) is 29.6 Å². The number of rotatable bonds is 3. The Kier molecular flexibility index (Phi) is 3.95. The topological polar surface area (TPSA) is 33.5 Å². The number of likely N-dealkylation sites (tertiary alicyclic amines) is 1. The summed E-state index contributed by atoms with van der Waals surface area (Å²) < 4.78 is 5.39. The van der Waals surface area contributed by atoms with E-state index in [0.29, 0.717) is 11.6 Å². The van der Waals surface area contributed by atoms with Gasteiger partial charge in [-0.05, 0) is 49.1 Å². The summed E-state index contributed by atoms with van der Waals surface area (Å²) in [6.07, 6.45) is 2.36. The monoisotopic (exact) mass is 319 g/mol. The smallest absolute Gasteiger partial charge is 0.336 e. The van der Waals surface area contributed by atoms with Gasteiger partial charge in [-0.1, -0.05) is 42.5 Å². The van der Waals surface area contributed by atoms with E-state index in [9.17, 15) is 4.79 Å². The fourth-order valence-corrected chi connectivity index (χ4v) is 3.75. The Morgan fingerprint density at radius 2 is 1.96 bits per heavy atom. The number of nitrogens with zero attached hydrogens (tertiary/aromatic N) is 1. The van der Waals surface area contributed by atoms with Gasteiger partial charge in [0, 0.05) is 24.0 Å². The lowest BCUT2D eigenvalue weighted by Gasteiger charge is -2.25. The minimum Gasteiger partial charge on any atom is -0.423 e. The van der Waals surface area contributed by atoms with Crippen molar-refractivity contribution in [3.8, 4) is 0 Å². The first kappa shape index (κ1) is 15.2. The van der Waals surface area contributed by atoms with Gasteiger partial charge in [-0.3, -0.25) is 4.90 Å². The Bertz CT molecular complexity index is 914. The van der Waals surface area contributed by atoms with Crippen molar-refractivity contribution in [1.29, 1.82) is 0 Å². The van der Waals surface area contributed by atoms with Gasteiger partial charge in [0.05, 0.1) is 0 Å². The molecule has 0 spiro atoms. The Morgan fingerprint density at radius 3 is 2.79 bits per heavy atom. The SMILES string of the molecule is Cc1ccc2c(CN3CCC[C@H]3c3ccccc3)cc(=O)oc2c1. The molecule has 0 radical (unpaired) electrons. The molecular formula is C21H21NO2. The van der Waals surface area contributed by atoms with Gasteiger partial charge in [0.15, 0.2) is 0 Å². The number of aryl methyl sites for hydroxylation is 1. The lowest BCUT2D eigenvalue weighted by atomic mass is 10.0. The minimum atomic E-state index is -0.265. The van der Waals surface area contributed by atoms with Crippen LogP contribution < -0.4 is 5.63 Å². The average Bonchev–Trinajstić information content (AvgIpc) is 3.03. The van der Waals surface area contributed by atoms with Crippen LogP contribution >= 0.6 is 0 Å². The summed E-state index contributed by atoms with van der Waals surface area (Å²) in [6.45, 7) is 3.86. The van der Waals surface area contributed by atoms with Crippen LogP contribution in [0.15, 0.2) is 63.8 Å². The second-order valence-corrected chi connectivity index (χ2v) is 6.63. The molecule has 1 aliphatic rings. The van der Waals surface area contributed by atoms with Crippen molar-refractivity contribution in [2.45, 2.75) is 32.4 Å². The highest BCUT2D eigenvalue weighted by Gasteiger charge is 2.26. The highest BCUT2D eigenvalue weighted by atomic mass is 16.4. The molecule has 1 aliphatic heterocycles. The number of fused-ring (bicyclic) bond motifs is 1. The summed E-state index contributed by atoms with van der Waals surface area (Å²) in [7, 11) is 0. The average molecular weight is 319 g/mol. The van der Waals surface area contributed by atoms with Gasteiger partial charge in [-0.2, -0.15) is 0 Å². The van der Waals surface area contributed by atoms with Crippen LogP contribution in [-0.2, 0) is 6.54 Å². The third-order valence-corrected chi connectivity index (χ3v) is 4.91. The summed E-state index contributed by atoms with van der Waals surface area (Å²) in [5, 5.41) is 1.04. The van der Waals surface area contributed by atoms with Crippen LogP contribution in [0, 0.1) is 6.92 Å². The quantitative estimate of drug-likeness (QED) is 0.669. The molecule has 3 aromatic rings. The van der Waals surface area contributed by atoms with Gasteiger partial charge in [0.25, 0.3) is 0 Å². The zero-order valence-electron chi connectivity index (χ0n) is 13.9. The van der Waals surface area contributed by atoms with Crippen LogP contribution in [0.25, 0.3) is 11.0 Å². The van der Waals surface area contributed by atoms with Crippen molar-refractivity contribution in [2.24, 2.45) is 0 Å². The molecule has 0 N–H and O–H groups in total. The molecule has 1 atom stereocenters. The van der Waals surface area contributed by atoms with Gasteiger partial charge in [-0.15, -0.1) is 0 Å². The molecular weight excluding hydrogens is 298 g/mol. The van der Waals surface area contributed by atoms with E-state index in [4.69, 9.17) is 4.42 Å². The third kappa shape index (κ3) is 2.87. The summed E-state index contributed by atoms with van der Waals surface area (Å²) in [6, 6.07) is 18.8. The Hall–Kier alpha value is -2.39. The summed E-state index contributed by atoms with van der Waals surface area (Å²) >= 11 is 0. The van der Waals surface area contributed by atoms with E-state index in [2.05, 4.69) is 47.4 Å². The first-order valence-corrected chi connectivity index (χ1v) is 8.53. The molecule has 0 aliphatic carbocycles. The molecule has 0 unspecified atom stereocenters. The Labute approximate surface area is 141 Å². The maximum atomic E-state index is 12.0. The zero-order chi connectivity index (χ0) is 16.5. The van der Waals surface area contributed by atoms with Crippen LogP contribution in [0.4, 0.5) is 0 Å². The number of hydrogen-bond donors (Lipinski definition) is 0. The van der Waals surface area contributed by atoms with Gasteiger partial charge >= 0.3 is 5.63 Å². The lowest BCUT2D eigenvalue weighted by Crippen LogP contribution is -2.23. The summed E-state index contributed by atoms with van der Waals surface area (Å²) in [5.74, 6) is 0. The van der Waals surface area contributed by atoms with E-state index in [-0.39, 0.29) is 5.63 Å². The predicted octanol–water partition coefficient (Wildman–Crippen LogP) is 4.44. The van der Waals surface area contributed by atoms with Gasteiger partial charge < -0.3 is 4.42 Å². The van der Waals surface area contributed by atoms with E-state index in [1.165, 1.54) is 18.4 Å². The highest BCUT2D eigenvalue weighted by molar-refractivity contribution is 5.80. The Morgan fingerprint density at radius 1 is 1.12 bits per heavy atom. The molecule has 2 aromatic carbocycles. The molecule has 1 aromatic heterocycles. The largest absolute Gasteiger partial charge is 0.423 e.